The number of rotatable bonds is 4. The van der Waals surface area contributed by atoms with Gasteiger partial charge in [-0.05, 0) is 5.56 Å². The normalized spacial score (nSPS) is 10.7. The van der Waals surface area contributed by atoms with Crippen LogP contribution in [0.4, 0.5) is 5.13 Å². The summed E-state index contributed by atoms with van der Waals surface area (Å²) in [6, 6.07) is 9.81. The monoisotopic (exact) mass is 219 g/mol. The maximum absolute atomic E-state index is 5.02. The molecule has 0 aliphatic heterocycles. The molecule has 0 aliphatic rings. The van der Waals surface area contributed by atoms with Gasteiger partial charge in [0.1, 0.15) is 6.61 Å². The van der Waals surface area contributed by atoms with E-state index < -0.39 is 0 Å². The molecule has 76 valence electrons. The molecule has 0 saturated carbocycles. The topological polar surface area (TPSA) is 46.8 Å². The zero-order valence-corrected chi connectivity index (χ0v) is 8.72. The maximum atomic E-state index is 5.02. The highest BCUT2D eigenvalue weighted by molar-refractivity contribution is 7.13. The van der Waals surface area contributed by atoms with Crippen LogP contribution in [-0.4, -0.2) is 4.98 Å². The van der Waals surface area contributed by atoms with Crippen LogP contribution in [0.5, 0.6) is 0 Å². The van der Waals surface area contributed by atoms with E-state index in [0.717, 1.165) is 5.56 Å². The van der Waals surface area contributed by atoms with Gasteiger partial charge in [-0.25, -0.2) is 4.98 Å². The van der Waals surface area contributed by atoms with Crippen molar-refractivity contribution >= 4 is 16.5 Å². The lowest BCUT2D eigenvalue weighted by Gasteiger charge is -1.96. The standard InChI is InChI=1S/C10H9N3OS/c1-2-4-9(5-3-1)8-14-13-12-10-11-6-7-15-10/h1-7H,8H2. The Morgan fingerprint density at radius 2 is 2.13 bits per heavy atom. The lowest BCUT2D eigenvalue weighted by atomic mass is 10.2. The minimum absolute atomic E-state index is 0.426. The van der Waals surface area contributed by atoms with Crippen LogP contribution in [0.1, 0.15) is 5.56 Å². The van der Waals surface area contributed by atoms with Crippen LogP contribution < -0.4 is 0 Å². The highest BCUT2D eigenvalue weighted by Gasteiger charge is 1.91. The van der Waals surface area contributed by atoms with Crippen molar-refractivity contribution in [2.45, 2.75) is 6.61 Å². The van der Waals surface area contributed by atoms with Gasteiger partial charge in [-0.3, -0.25) is 0 Å². The lowest BCUT2D eigenvalue weighted by Crippen LogP contribution is -1.84. The first kappa shape index (κ1) is 9.79. The first-order chi connectivity index (χ1) is 7.45. The summed E-state index contributed by atoms with van der Waals surface area (Å²) in [7, 11) is 0. The minimum atomic E-state index is 0.426. The highest BCUT2D eigenvalue weighted by atomic mass is 32.1. The SMILES string of the molecule is c1ccc(CON=Nc2nccs2)cc1. The molecule has 0 aliphatic carbocycles. The summed E-state index contributed by atoms with van der Waals surface area (Å²) < 4.78 is 0. The van der Waals surface area contributed by atoms with Crippen LogP contribution in [-0.2, 0) is 11.4 Å². The van der Waals surface area contributed by atoms with E-state index in [4.69, 9.17) is 4.84 Å². The molecule has 1 heterocycles. The van der Waals surface area contributed by atoms with E-state index in [-0.39, 0.29) is 0 Å². The van der Waals surface area contributed by atoms with Gasteiger partial charge in [0.25, 0.3) is 0 Å². The Morgan fingerprint density at radius 1 is 1.27 bits per heavy atom. The first-order valence-corrected chi connectivity index (χ1v) is 5.29. The fourth-order valence-corrected chi connectivity index (χ4v) is 1.45. The molecule has 0 atom stereocenters. The van der Waals surface area contributed by atoms with Crippen molar-refractivity contribution in [1.82, 2.24) is 4.98 Å². The van der Waals surface area contributed by atoms with Crippen LogP contribution in [0, 0.1) is 0 Å². The number of hydrogen-bond acceptors (Lipinski definition) is 5. The van der Waals surface area contributed by atoms with Crippen molar-refractivity contribution in [3.8, 4) is 0 Å². The third kappa shape index (κ3) is 3.14. The smallest absolute Gasteiger partial charge is 0.233 e. The molecule has 0 fully saturated rings. The van der Waals surface area contributed by atoms with Crippen molar-refractivity contribution in [2.75, 3.05) is 0 Å². The number of thiazole rings is 1. The minimum Gasteiger partial charge on any atom is -0.374 e. The van der Waals surface area contributed by atoms with Gasteiger partial charge in [0.05, 0.1) is 0 Å². The summed E-state index contributed by atoms with van der Waals surface area (Å²) in [6.07, 6.45) is 1.68. The molecule has 0 spiro atoms. The van der Waals surface area contributed by atoms with E-state index in [1.54, 1.807) is 6.20 Å². The van der Waals surface area contributed by atoms with Gasteiger partial charge in [-0.15, -0.1) is 11.3 Å². The van der Waals surface area contributed by atoms with Crippen LogP contribution in [0.3, 0.4) is 0 Å². The second-order valence-corrected chi connectivity index (χ2v) is 3.63. The molecule has 15 heavy (non-hydrogen) atoms. The van der Waals surface area contributed by atoms with Crippen LogP contribution in [0.2, 0.25) is 0 Å². The molecule has 5 heteroatoms. The van der Waals surface area contributed by atoms with Crippen LogP contribution in [0.15, 0.2) is 52.3 Å². The predicted octanol–water partition coefficient (Wildman–Crippen LogP) is 3.36. The van der Waals surface area contributed by atoms with Crippen molar-refractivity contribution in [1.29, 1.82) is 0 Å². The fourth-order valence-electron chi connectivity index (χ4n) is 1.01. The fraction of sp³-hybridized carbons (Fsp3) is 0.100. The van der Waals surface area contributed by atoms with E-state index >= 15 is 0 Å². The van der Waals surface area contributed by atoms with Crippen molar-refractivity contribution in [2.24, 2.45) is 10.4 Å². The van der Waals surface area contributed by atoms with Crippen molar-refractivity contribution in [3.05, 3.63) is 47.5 Å². The summed E-state index contributed by atoms with van der Waals surface area (Å²) in [5.74, 6) is 0. The summed E-state index contributed by atoms with van der Waals surface area (Å²) in [4.78, 5) is 8.96. The van der Waals surface area contributed by atoms with Gasteiger partial charge < -0.3 is 4.84 Å². The number of benzene rings is 1. The summed E-state index contributed by atoms with van der Waals surface area (Å²) in [5.41, 5.74) is 1.07. The largest absolute Gasteiger partial charge is 0.374 e. The zero-order valence-electron chi connectivity index (χ0n) is 7.91. The van der Waals surface area contributed by atoms with Crippen LogP contribution >= 0.6 is 11.3 Å². The molecule has 0 amide bonds. The van der Waals surface area contributed by atoms with Gasteiger partial charge in [0, 0.05) is 16.9 Å². The summed E-state index contributed by atoms with van der Waals surface area (Å²) in [6.45, 7) is 0.426. The molecule has 2 rings (SSSR count). The molecule has 1 aromatic carbocycles. The summed E-state index contributed by atoms with van der Waals surface area (Å²) >= 11 is 1.42. The van der Waals surface area contributed by atoms with Gasteiger partial charge in [-0.1, -0.05) is 35.4 Å². The van der Waals surface area contributed by atoms with E-state index in [1.165, 1.54) is 11.3 Å². The van der Waals surface area contributed by atoms with Crippen molar-refractivity contribution < 1.29 is 4.84 Å². The molecule has 1 aromatic heterocycles. The third-order valence-electron chi connectivity index (χ3n) is 1.68. The average Bonchev–Trinajstić information content (AvgIpc) is 2.79. The Morgan fingerprint density at radius 3 is 2.87 bits per heavy atom. The second kappa shape index (κ2) is 5.21. The molecule has 0 bridgehead atoms. The molecule has 4 nitrogen and oxygen atoms in total. The maximum Gasteiger partial charge on any atom is 0.233 e. The highest BCUT2D eigenvalue weighted by Crippen LogP contribution is 2.15. The van der Waals surface area contributed by atoms with Crippen LogP contribution in [0.25, 0.3) is 0 Å². The van der Waals surface area contributed by atoms with Gasteiger partial charge in [0.15, 0.2) is 0 Å². The van der Waals surface area contributed by atoms with Gasteiger partial charge >= 0.3 is 0 Å². The van der Waals surface area contributed by atoms with E-state index in [2.05, 4.69) is 15.4 Å². The Labute approximate surface area is 91.2 Å². The number of aromatic nitrogens is 1. The van der Waals surface area contributed by atoms with Crippen molar-refractivity contribution in [3.63, 3.8) is 0 Å². The Kier molecular flexibility index (Phi) is 3.40. The lowest BCUT2D eigenvalue weighted by molar-refractivity contribution is 0.112. The quantitative estimate of drug-likeness (QED) is 0.584. The zero-order chi connectivity index (χ0) is 10.3. The van der Waals surface area contributed by atoms with E-state index in [9.17, 15) is 0 Å². The molecular weight excluding hydrogens is 210 g/mol. The summed E-state index contributed by atoms with van der Waals surface area (Å²) in [5, 5.41) is 9.81. The van der Waals surface area contributed by atoms with E-state index in [0.29, 0.717) is 11.7 Å². The number of nitrogens with zero attached hydrogens (tertiary/aromatic N) is 3. The van der Waals surface area contributed by atoms with Gasteiger partial charge in [-0.2, -0.15) is 0 Å². The molecule has 0 unspecified atom stereocenters. The Hall–Kier alpha value is -1.75. The average molecular weight is 219 g/mol. The third-order valence-corrected chi connectivity index (χ3v) is 2.33. The number of hydrogen-bond donors (Lipinski definition) is 0. The molecule has 0 radical (unpaired) electrons. The molecule has 0 saturated heterocycles. The van der Waals surface area contributed by atoms with E-state index in [1.807, 2.05) is 35.7 Å². The molecule has 2 aromatic rings. The second-order valence-electron chi connectivity index (χ2n) is 2.76. The Balaban J connectivity index is 1.80. The first-order valence-electron chi connectivity index (χ1n) is 4.41. The van der Waals surface area contributed by atoms with Gasteiger partial charge in [0.2, 0.25) is 5.13 Å². The molecular formula is C10H9N3OS. The molecule has 0 N–H and O–H groups in total. The Bertz CT molecular complexity index is 413. The predicted molar refractivity (Wildman–Crippen MR) is 57.9 cm³/mol.